The molecule has 86 valence electrons. The van der Waals surface area contributed by atoms with Gasteiger partial charge in [0.05, 0.1) is 0 Å². The van der Waals surface area contributed by atoms with E-state index >= 15 is 0 Å². The van der Waals surface area contributed by atoms with Crippen LogP contribution in [-0.4, -0.2) is 43.0 Å². The van der Waals surface area contributed by atoms with Crippen LogP contribution in [0.15, 0.2) is 0 Å². The van der Waals surface area contributed by atoms with E-state index in [0.29, 0.717) is 4.31 Å². The van der Waals surface area contributed by atoms with E-state index in [4.69, 9.17) is 5.11 Å². The fourth-order valence-corrected chi connectivity index (χ4v) is 1.84. The molecule has 0 amide bonds. The van der Waals surface area contributed by atoms with Gasteiger partial charge in [-0.2, -0.15) is 17.5 Å². The minimum absolute atomic E-state index is 0.0108. The van der Waals surface area contributed by atoms with Gasteiger partial charge in [0.1, 0.15) is 0 Å². The summed E-state index contributed by atoms with van der Waals surface area (Å²) >= 11 is 0. The van der Waals surface area contributed by atoms with Gasteiger partial charge >= 0.3 is 15.5 Å². The van der Waals surface area contributed by atoms with E-state index in [0.717, 1.165) is 0 Å². The van der Waals surface area contributed by atoms with Crippen LogP contribution in [0.3, 0.4) is 0 Å². The average Bonchev–Trinajstić information content (AvgIpc) is 2.03. The number of aliphatic hydroxyl groups excluding tert-OH is 1. The molecule has 0 saturated heterocycles. The van der Waals surface area contributed by atoms with E-state index in [1.54, 1.807) is 0 Å². The Hall–Kier alpha value is -0.340. The van der Waals surface area contributed by atoms with Gasteiger partial charge in [-0.1, -0.05) is 6.92 Å². The highest BCUT2D eigenvalue weighted by molar-refractivity contribution is 7.89. The van der Waals surface area contributed by atoms with Crippen molar-refractivity contribution >= 4 is 10.0 Å². The third-order valence-corrected chi connectivity index (χ3v) is 3.26. The average molecular weight is 235 g/mol. The van der Waals surface area contributed by atoms with Crippen LogP contribution in [0.25, 0.3) is 0 Å². The predicted octanol–water partition coefficient (Wildman–Crippen LogP) is 0.540. The maximum atomic E-state index is 12.0. The maximum absolute atomic E-state index is 12.0. The molecule has 0 aliphatic rings. The quantitative estimate of drug-likeness (QED) is 0.756. The Labute approximate surface area is 80.4 Å². The van der Waals surface area contributed by atoms with Gasteiger partial charge in [0.25, 0.3) is 0 Å². The molecule has 0 bridgehead atoms. The lowest BCUT2D eigenvalue weighted by molar-refractivity contribution is -0.0489. The van der Waals surface area contributed by atoms with E-state index in [1.807, 2.05) is 0 Å². The molecule has 0 aromatic rings. The highest BCUT2D eigenvalue weighted by atomic mass is 32.2. The normalized spacial score (nSPS) is 13.6. The number of rotatable bonds is 5. The van der Waals surface area contributed by atoms with Crippen LogP contribution in [0.5, 0.6) is 0 Å². The van der Waals surface area contributed by atoms with Gasteiger partial charge in [-0.05, 0) is 6.42 Å². The smallest absolute Gasteiger partial charge is 0.396 e. The van der Waals surface area contributed by atoms with E-state index in [2.05, 4.69) is 0 Å². The highest BCUT2D eigenvalue weighted by Gasteiger charge is 2.49. The topological polar surface area (TPSA) is 57.6 Å². The van der Waals surface area contributed by atoms with Gasteiger partial charge in [0.15, 0.2) is 0 Å². The highest BCUT2D eigenvalue weighted by Crippen LogP contribution is 2.26. The Bertz CT molecular complexity index is 262. The van der Waals surface area contributed by atoms with Crippen LogP contribution < -0.4 is 0 Å². The molecule has 0 radical (unpaired) electrons. The van der Waals surface area contributed by atoms with Crippen molar-refractivity contribution in [1.29, 1.82) is 0 Å². The molecular weight excluding hydrogens is 223 g/mol. The first-order valence-corrected chi connectivity index (χ1v) is 5.38. The molecule has 0 heterocycles. The lowest BCUT2D eigenvalue weighted by atomic mass is 10.4. The first-order chi connectivity index (χ1) is 6.27. The van der Waals surface area contributed by atoms with E-state index in [1.165, 1.54) is 6.92 Å². The van der Waals surface area contributed by atoms with Crippen LogP contribution in [0.2, 0.25) is 0 Å². The zero-order valence-corrected chi connectivity index (χ0v) is 8.40. The van der Waals surface area contributed by atoms with Gasteiger partial charge < -0.3 is 5.11 Å². The summed E-state index contributed by atoms with van der Waals surface area (Å²) in [6.07, 6.45) is -0.0108. The molecule has 4 nitrogen and oxygen atoms in total. The Morgan fingerprint density at radius 3 is 2.14 bits per heavy atom. The fourth-order valence-electron chi connectivity index (χ4n) is 0.842. The molecule has 1 N–H and O–H groups in total. The van der Waals surface area contributed by atoms with Crippen molar-refractivity contribution in [1.82, 2.24) is 4.31 Å². The monoisotopic (exact) mass is 235 g/mol. The zero-order chi connectivity index (χ0) is 11.4. The first kappa shape index (κ1) is 13.7. The van der Waals surface area contributed by atoms with E-state index in [-0.39, 0.29) is 26.1 Å². The summed E-state index contributed by atoms with van der Waals surface area (Å²) in [4.78, 5) is 0. The van der Waals surface area contributed by atoms with E-state index in [9.17, 15) is 21.6 Å². The van der Waals surface area contributed by atoms with Crippen molar-refractivity contribution in [3.63, 3.8) is 0 Å². The molecule has 0 atom stereocenters. The number of aliphatic hydroxyl groups is 1. The van der Waals surface area contributed by atoms with Gasteiger partial charge in [-0.25, -0.2) is 8.42 Å². The molecule has 8 heteroatoms. The fraction of sp³-hybridized carbons (Fsp3) is 1.00. The summed E-state index contributed by atoms with van der Waals surface area (Å²) in [7, 11) is -5.24. The Morgan fingerprint density at radius 1 is 1.36 bits per heavy atom. The van der Waals surface area contributed by atoms with Crippen LogP contribution in [0.4, 0.5) is 13.2 Å². The van der Waals surface area contributed by atoms with Crippen molar-refractivity contribution in [2.24, 2.45) is 0 Å². The van der Waals surface area contributed by atoms with Crippen molar-refractivity contribution in [3.8, 4) is 0 Å². The molecule has 0 fully saturated rings. The third-order valence-electron chi connectivity index (χ3n) is 1.55. The second-order valence-electron chi connectivity index (χ2n) is 2.52. The number of hydrogen-bond donors (Lipinski definition) is 1. The molecule has 0 aromatic carbocycles. The largest absolute Gasteiger partial charge is 0.511 e. The molecule has 0 unspecified atom stereocenters. The number of halogens is 3. The third kappa shape index (κ3) is 3.10. The molecule has 0 aromatic heterocycles. The minimum atomic E-state index is -5.27. The number of nitrogens with zero attached hydrogens (tertiary/aromatic N) is 1. The SMILES string of the molecule is CCN(CCCO)S(=O)(=O)C(F)(F)F. The molecule has 0 rings (SSSR count). The summed E-state index contributed by atoms with van der Waals surface area (Å²) in [5.41, 5.74) is -5.27. The summed E-state index contributed by atoms with van der Waals surface area (Å²) in [5.74, 6) is 0. The molecule has 0 aliphatic heterocycles. The molecule has 0 spiro atoms. The van der Waals surface area contributed by atoms with E-state index < -0.39 is 15.5 Å². The minimum Gasteiger partial charge on any atom is -0.396 e. The van der Waals surface area contributed by atoms with Gasteiger partial charge in [-0.15, -0.1) is 0 Å². The second-order valence-corrected chi connectivity index (χ2v) is 4.45. The van der Waals surface area contributed by atoms with Crippen LogP contribution in [0, 0.1) is 0 Å². The van der Waals surface area contributed by atoms with Crippen LogP contribution >= 0.6 is 0 Å². The molecule has 0 aliphatic carbocycles. The van der Waals surface area contributed by atoms with Crippen molar-refractivity contribution in [3.05, 3.63) is 0 Å². The zero-order valence-electron chi connectivity index (χ0n) is 7.58. The lowest BCUT2D eigenvalue weighted by Crippen LogP contribution is -2.41. The number of sulfonamides is 1. The van der Waals surface area contributed by atoms with Crippen molar-refractivity contribution in [2.45, 2.75) is 18.9 Å². The maximum Gasteiger partial charge on any atom is 0.511 e. The number of alkyl halides is 3. The molecule has 14 heavy (non-hydrogen) atoms. The Morgan fingerprint density at radius 2 is 1.86 bits per heavy atom. The summed E-state index contributed by atoms with van der Waals surface area (Å²) < 4.78 is 57.9. The Kier molecular flexibility index (Phi) is 4.82. The Balaban J connectivity index is 4.68. The predicted molar refractivity (Wildman–Crippen MR) is 43.9 cm³/mol. The van der Waals surface area contributed by atoms with Crippen LogP contribution in [-0.2, 0) is 10.0 Å². The molecule has 0 saturated carbocycles. The first-order valence-electron chi connectivity index (χ1n) is 3.94. The van der Waals surface area contributed by atoms with Crippen molar-refractivity contribution in [2.75, 3.05) is 19.7 Å². The molecular formula is C6H12F3NO3S. The van der Waals surface area contributed by atoms with Gasteiger partial charge in [0.2, 0.25) is 0 Å². The lowest BCUT2D eigenvalue weighted by Gasteiger charge is -2.21. The van der Waals surface area contributed by atoms with Crippen molar-refractivity contribution < 1.29 is 26.7 Å². The second kappa shape index (κ2) is 4.94. The van der Waals surface area contributed by atoms with Crippen LogP contribution in [0.1, 0.15) is 13.3 Å². The van der Waals surface area contributed by atoms with Gasteiger partial charge in [0, 0.05) is 19.7 Å². The summed E-state index contributed by atoms with van der Waals surface area (Å²) in [6, 6.07) is 0. The number of hydrogen-bond acceptors (Lipinski definition) is 3. The standard InChI is InChI=1S/C6H12F3NO3S/c1-2-10(4-3-5-11)14(12,13)6(7,8)9/h11H,2-5H2,1H3. The van der Waals surface area contributed by atoms with Gasteiger partial charge in [-0.3, -0.25) is 0 Å². The summed E-state index contributed by atoms with van der Waals surface area (Å²) in [5, 5.41) is 8.38. The summed E-state index contributed by atoms with van der Waals surface area (Å²) in [6.45, 7) is 0.376.